The van der Waals surface area contributed by atoms with E-state index in [1.807, 2.05) is 36.4 Å². The highest BCUT2D eigenvalue weighted by molar-refractivity contribution is 6.11. The van der Waals surface area contributed by atoms with E-state index in [0.717, 1.165) is 44.6 Å². The van der Waals surface area contributed by atoms with Crippen molar-refractivity contribution in [2.75, 3.05) is 0 Å². The molecule has 2 heterocycles. The Labute approximate surface area is 254 Å². The van der Waals surface area contributed by atoms with Crippen molar-refractivity contribution in [3.8, 4) is 34.6 Å². The normalized spacial score (nSPS) is 11.4. The van der Waals surface area contributed by atoms with E-state index in [4.69, 9.17) is 0 Å². The van der Waals surface area contributed by atoms with Gasteiger partial charge in [-0.05, 0) is 86.6 Å². The van der Waals surface area contributed by atoms with Crippen molar-refractivity contribution in [2.45, 2.75) is 13.8 Å². The number of rotatable bonds is 3. The van der Waals surface area contributed by atoms with E-state index in [-0.39, 0.29) is 0 Å². The summed E-state index contributed by atoms with van der Waals surface area (Å²) in [6.07, 6.45) is 0. The van der Waals surface area contributed by atoms with Crippen LogP contribution in [0.25, 0.3) is 66.1 Å². The van der Waals surface area contributed by atoms with Gasteiger partial charge in [-0.1, -0.05) is 59.7 Å². The molecule has 206 valence electrons. The summed E-state index contributed by atoms with van der Waals surface area (Å²) in [7, 11) is 0. The summed E-state index contributed by atoms with van der Waals surface area (Å²) in [6.45, 7) is 4.23. The molecule has 0 radical (unpaired) electrons. The number of aryl methyl sites for hydroxylation is 2. The molecule has 0 amide bonds. The summed E-state index contributed by atoms with van der Waals surface area (Å²) in [4.78, 5) is 0. The van der Waals surface area contributed by atoms with Gasteiger partial charge in [-0.25, -0.2) is 0 Å². The van der Waals surface area contributed by atoms with Crippen molar-refractivity contribution in [1.82, 2.24) is 9.13 Å². The zero-order valence-corrected chi connectivity index (χ0v) is 24.3. The Hall–Kier alpha value is -6.10. The number of para-hydroxylation sites is 2. The van der Waals surface area contributed by atoms with Gasteiger partial charge in [-0.2, -0.15) is 10.5 Å². The van der Waals surface area contributed by atoms with Crippen LogP contribution in [0.5, 0.6) is 0 Å². The first-order chi connectivity index (χ1) is 21.6. The molecule has 8 rings (SSSR count). The molecular weight excluding hydrogens is 536 g/mol. The van der Waals surface area contributed by atoms with E-state index >= 15 is 0 Å². The minimum Gasteiger partial charge on any atom is -0.309 e. The fraction of sp³-hybridized carbons (Fsp3) is 0.0500. The zero-order valence-electron chi connectivity index (χ0n) is 24.3. The lowest BCUT2D eigenvalue weighted by Crippen LogP contribution is -2.02. The van der Waals surface area contributed by atoms with Gasteiger partial charge in [0, 0.05) is 32.7 Å². The molecule has 4 nitrogen and oxygen atoms in total. The smallest absolute Gasteiger partial charge is 0.0991 e. The Kier molecular flexibility index (Phi) is 5.66. The Morgan fingerprint density at radius 3 is 1.27 bits per heavy atom. The molecule has 0 atom stereocenters. The molecule has 0 bridgehead atoms. The lowest BCUT2D eigenvalue weighted by Gasteiger charge is -2.19. The van der Waals surface area contributed by atoms with Crippen molar-refractivity contribution in [1.29, 1.82) is 10.5 Å². The summed E-state index contributed by atoms with van der Waals surface area (Å²) in [6, 6.07) is 46.5. The van der Waals surface area contributed by atoms with Crippen LogP contribution in [0.3, 0.4) is 0 Å². The molecular formula is C40H26N4. The Balaban J connectivity index is 1.52. The largest absolute Gasteiger partial charge is 0.309 e. The van der Waals surface area contributed by atoms with E-state index in [1.54, 1.807) is 0 Å². The average Bonchev–Trinajstić information content (AvgIpc) is 3.56. The van der Waals surface area contributed by atoms with Gasteiger partial charge in [0.15, 0.2) is 0 Å². The summed E-state index contributed by atoms with van der Waals surface area (Å²) in [5, 5.41) is 24.8. The first-order valence-electron chi connectivity index (χ1n) is 14.6. The quantitative estimate of drug-likeness (QED) is 0.215. The average molecular weight is 563 g/mol. The molecule has 0 unspecified atom stereocenters. The molecule has 0 saturated carbocycles. The minimum atomic E-state index is 0.562. The highest BCUT2D eigenvalue weighted by atomic mass is 15.0. The standard InChI is InChI=1S/C40H26N4/c1-25-11-15-37-31(19-25)29-7-3-5-9-35(29)43(37)39-17-13-27(23-41)21-33(39)34-22-28(24-42)14-18-40(34)44-36-10-6-4-8-30(36)32-20-26(2)12-16-38(32)44/h3-22H,1-2H3. The summed E-state index contributed by atoms with van der Waals surface area (Å²) in [5.41, 5.74) is 11.6. The zero-order chi connectivity index (χ0) is 29.9. The highest BCUT2D eigenvalue weighted by Gasteiger charge is 2.21. The monoisotopic (exact) mass is 562 g/mol. The molecule has 0 fully saturated rings. The van der Waals surface area contributed by atoms with Gasteiger partial charge in [0.25, 0.3) is 0 Å². The lowest BCUT2D eigenvalue weighted by atomic mass is 9.97. The predicted molar refractivity (Wildman–Crippen MR) is 179 cm³/mol. The van der Waals surface area contributed by atoms with Crippen LogP contribution in [0.4, 0.5) is 0 Å². The second kappa shape index (κ2) is 9.73. The number of nitrogens with zero attached hydrogens (tertiary/aromatic N) is 4. The van der Waals surface area contributed by atoms with Gasteiger partial charge in [-0.3, -0.25) is 0 Å². The Morgan fingerprint density at radius 1 is 0.432 bits per heavy atom. The van der Waals surface area contributed by atoms with Crippen LogP contribution in [0, 0.1) is 36.5 Å². The number of aromatic nitrogens is 2. The van der Waals surface area contributed by atoms with Gasteiger partial charge < -0.3 is 9.13 Å². The van der Waals surface area contributed by atoms with Crippen LogP contribution >= 0.6 is 0 Å². The summed E-state index contributed by atoms with van der Waals surface area (Å²) >= 11 is 0. The molecule has 0 saturated heterocycles. The minimum absolute atomic E-state index is 0.562. The molecule has 0 aliphatic heterocycles. The van der Waals surface area contributed by atoms with Crippen molar-refractivity contribution in [3.63, 3.8) is 0 Å². The van der Waals surface area contributed by atoms with Crippen molar-refractivity contribution < 1.29 is 0 Å². The summed E-state index contributed by atoms with van der Waals surface area (Å²) in [5.74, 6) is 0. The number of hydrogen-bond donors (Lipinski definition) is 0. The van der Waals surface area contributed by atoms with E-state index < -0.39 is 0 Å². The van der Waals surface area contributed by atoms with E-state index in [0.29, 0.717) is 11.1 Å². The maximum atomic E-state index is 10.1. The van der Waals surface area contributed by atoms with Gasteiger partial charge >= 0.3 is 0 Å². The third-order valence-electron chi connectivity index (χ3n) is 8.68. The first kappa shape index (κ1) is 25.6. The van der Waals surface area contributed by atoms with Crippen LogP contribution in [0.2, 0.25) is 0 Å². The van der Waals surface area contributed by atoms with Crippen LogP contribution in [0.15, 0.2) is 121 Å². The molecule has 0 aliphatic rings. The summed E-state index contributed by atoms with van der Waals surface area (Å²) < 4.78 is 4.58. The lowest BCUT2D eigenvalue weighted by molar-refractivity contribution is 1.16. The first-order valence-corrected chi connectivity index (χ1v) is 14.6. The number of benzene rings is 6. The van der Waals surface area contributed by atoms with Crippen molar-refractivity contribution in [3.05, 3.63) is 144 Å². The Morgan fingerprint density at radius 2 is 0.841 bits per heavy atom. The number of nitriles is 2. The fourth-order valence-electron chi connectivity index (χ4n) is 6.73. The topological polar surface area (TPSA) is 57.4 Å². The highest BCUT2D eigenvalue weighted by Crippen LogP contribution is 2.41. The molecule has 4 heteroatoms. The molecule has 0 aliphatic carbocycles. The molecule has 2 aromatic heterocycles. The molecule has 6 aromatic carbocycles. The molecule has 44 heavy (non-hydrogen) atoms. The van der Waals surface area contributed by atoms with Crippen LogP contribution in [0.1, 0.15) is 22.3 Å². The van der Waals surface area contributed by atoms with Gasteiger partial charge in [-0.15, -0.1) is 0 Å². The van der Waals surface area contributed by atoms with E-state index in [1.165, 1.54) is 32.7 Å². The second-order valence-electron chi connectivity index (χ2n) is 11.4. The predicted octanol–water partition coefficient (Wildman–Crippen LogP) is 9.91. The SMILES string of the molecule is Cc1ccc2c(c1)c1ccccc1n2-c1ccc(C#N)cc1-c1cc(C#N)ccc1-n1c2ccccc2c2cc(C)ccc21. The molecule has 0 N–H and O–H groups in total. The third kappa shape index (κ3) is 3.76. The van der Waals surface area contributed by atoms with E-state index in [9.17, 15) is 10.5 Å². The van der Waals surface area contributed by atoms with Crippen LogP contribution < -0.4 is 0 Å². The number of hydrogen-bond acceptors (Lipinski definition) is 2. The van der Waals surface area contributed by atoms with Gasteiger partial charge in [0.05, 0.1) is 56.7 Å². The maximum absolute atomic E-state index is 10.1. The third-order valence-corrected chi connectivity index (χ3v) is 8.68. The van der Waals surface area contributed by atoms with Gasteiger partial charge in [0.1, 0.15) is 0 Å². The number of fused-ring (bicyclic) bond motifs is 6. The Bertz CT molecular complexity index is 2370. The van der Waals surface area contributed by atoms with Crippen LogP contribution in [-0.2, 0) is 0 Å². The van der Waals surface area contributed by atoms with Crippen molar-refractivity contribution in [2.24, 2.45) is 0 Å². The molecule has 0 spiro atoms. The second-order valence-corrected chi connectivity index (χ2v) is 11.4. The van der Waals surface area contributed by atoms with Crippen molar-refractivity contribution >= 4 is 43.6 Å². The maximum Gasteiger partial charge on any atom is 0.0991 e. The fourth-order valence-corrected chi connectivity index (χ4v) is 6.73. The van der Waals surface area contributed by atoms with Gasteiger partial charge in [0.2, 0.25) is 0 Å². The van der Waals surface area contributed by atoms with Crippen LogP contribution in [-0.4, -0.2) is 9.13 Å². The molecule has 8 aromatic rings. The van der Waals surface area contributed by atoms with E-state index in [2.05, 4.69) is 120 Å².